The van der Waals surface area contributed by atoms with E-state index in [9.17, 15) is 0 Å². The minimum Gasteiger partial charge on any atom is -0.290 e. The van der Waals surface area contributed by atoms with Crippen LogP contribution in [0.1, 0.15) is 30.6 Å². The predicted molar refractivity (Wildman–Crippen MR) is 79.7 cm³/mol. The van der Waals surface area contributed by atoms with Crippen LogP contribution in [0.2, 0.25) is 0 Å². The number of benzene rings is 1. The molecule has 1 atom stereocenters. The van der Waals surface area contributed by atoms with Gasteiger partial charge < -0.3 is 0 Å². The van der Waals surface area contributed by atoms with Crippen LogP contribution in [0.25, 0.3) is 0 Å². The van der Waals surface area contributed by atoms with E-state index in [1.165, 1.54) is 5.56 Å². The fourth-order valence-corrected chi connectivity index (χ4v) is 2.36. The van der Waals surface area contributed by atoms with Gasteiger partial charge in [-0.15, -0.1) is 0 Å². The van der Waals surface area contributed by atoms with Crippen LogP contribution in [0.15, 0.2) is 54.7 Å². The van der Waals surface area contributed by atoms with Gasteiger partial charge in [0.15, 0.2) is 0 Å². The molecular formula is C17H19N3. The summed E-state index contributed by atoms with van der Waals surface area (Å²) in [5, 5.41) is 9.12. The summed E-state index contributed by atoms with van der Waals surface area (Å²) in [5.41, 5.74) is 2.22. The maximum absolute atomic E-state index is 9.12. The van der Waals surface area contributed by atoms with E-state index in [1.54, 1.807) is 0 Å². The fraction of sp³-hybridized carbons (Fsp3) is 0.294. The third-order valence-electron chi connectivity index (χ3n) is 3.41. The van der Waals surface area contributed by atoms with Gasteiger partial charge in [-0.25, -0.2) is 0 Å². The lowest BCUT2D eigenvalue weighted by Crippen LogP contribution is -2.28. The Labute approximate surface area is 120 Å². The summed E-state index contributed by atoms with van der Waals surface area (Å²) < 4.78 is 0. The van der Waals surface area contributed by atoms with Gasteiger partial charge in [0.25, 0.3) is 0 Å². The van der Waals surface area contributed by atoms with Crippen molar-refractivity contribution in [1.82, 2.24) is 9.88 Å². The van der Waals surface area contributed by atoms with Gasteiger partial charge in [0.1, 0.15) is 0 Å². The summed E-state index contributed by atoms with van der Waals surface area (Å²) in [5.74, 6) is 0. The van der Waals surface area contributed by atoms with Crippen molar-refractivity contribution >= 4 is 0 Å². The monoisotopic (exact) mass is 265 g/mol. The second kappa shape index (κ2) is 7.42. The molecule has 0 saturated heterocycles. The van der Waals surface area contributed by atoms with Crippen LogP contribution in [0.3, 0.4) is 0 Å². The number of hydrogen-bond donors (Lipinski definition) is 0. The van der Waals surface area contributed by atoms with Gasteiger partial charge in [0, 0.05) is 18.8 Å². The first-order valence-corrected chi connectivity index (χ1v) is 6.91. The molecule has 1 aromatic carbocycles. The second-order valence-electron chi connectivity index (χ2n) is 4.67. The molecule has 1 heterocycles. The first kappa shape index (κ1) is 14.2. The molecule has 0 aliphatic heterocycles. The number of nitrogens with zero attached hydrogens (tertiary/aromatic N) is 3. The van der Waals surface area contributed by atoms with Crippen molar-refractivity contribution < 1.29 is 0 Å². The molecule has 1 aromatic heterocycles. The number of rotatable bonds is 6. The van der Waals surface area contributed by atoms with Crippen LogP contribution in [0, 0.1) is 11.3 Å². The van der Waals surface area contributed by atoms with Crippen molar-refractivity contribution in [2.24, 2.45) is 0 Å². The van der Waals surface area contributed by atoms with E-state index < -0.39 is 0 Å². The predicted octanol–water partition coefficient (Wildman–Crippen LogP) is 3.56. The molecule has 0 fully saturated rings. The van der Waals surface area contributed by atoms with Crippen molar-refractivity contribution in [1.29, 1.82) is 5.26 Å². The van der Waals surface area contributed by atoms with Gasteiger partial charge in [-0.2, -0.15) is 5.26 Å². The molecule has 3 nitrogen and oxygen atoms in total. The number of aromatic nitrogens is 1. The summed E-state index contributed by atoms with van der Waals surface area (Å²) in [7, 11) is 0. The summed E-state index contributed by atoms with van der Waals surface area (Å²) in [6.07, 6.45) is 2.30. The van der Waals surface area contributed by atoms with Crippen LogP contribution in [0.5, 0.6) is 0 Å². The standard InChI is InChI=1S/C17H19N3/c1-2-20(14-16-10-6-7-13-19-16)17(11-12-18)15-8-4-3-5-9-15/h3-10,13,17H,2,11,14H2,1H3. The highest BCUT2D eigenvalue weighted by molar-refractivity contribution is 5.20. The van der Waals surface area contributed by atoms with Gasteiger partial charge in [-0.1, -0.05) is 43.3 Å². The van der Waals surface area contributed by atoms with Crippen LogP contribution >= 0.6 is 0 Å². The highest BCUT2D eigenvalue weighted by Gasteiger charge is 2.19. The van der Waals surface area contributed by atoms with Crippen molar-refractivity contribution in [3.05, 3.63) is 66.0 Å². The normalized spacial score (nSPS) is 12.1. The Balaban J connectivity index is 2.20. The molecular weight excluding hydrogens is 246 g/mol. The minimum atomic E-state index is 0.119. The van der Waals surface area contributed by atoms with Crippen molar-refractivity contribution in [3.8, 4) is 6.07 Å². The lowest BCUT2D eigenvalue weighted by atomic mass is 10.0. The molecule has 2 aromatic rings. The molecule has 0 spiro atoms. The zero-order valence-electron chi connectivity index (χ0n) is 11.7. The molecule has 0 bridgehead atoms. The Hall–Kier alpha value is -2.18. The molecule has 0 amide bonds. The Bertz CT molecular complexity index is 545. The SMILES string of the molecule is CCN(Cc1ccccn1)C(CC#N)c1ccccc1. The summed E-state index contributed by atoms with van der Waals surface area (Å²) in [6.45, 7) is 3.77. The van der Waals surface area contributed by atoms with Gasteiger partial charge in [0.2, 0.25) is 0 Å². The van der Waals surface area contributed by atoms with Gasteiger partial charge in [0.05, 0.1) is 18.2 Å². The first-order chi connectivity index (χ1) is 9.85. The third-order valence-corrected chi connectivity index (χ3v) is 3.41. The average Bonchev–Trinajstić information content (AvgIpc) is 2.52. The third kappa shape index (κ3) is 3.66. The highest BCUT2D eigenvalue weighted by atomic mass is 15.2. The van der Waals surface area contributed by atoms with E-state index in [1.807, 2.05) is 42.6 Å². The fourth-order valence-electron chi connectivity index (χ4n) is 2.36. The van der Waals surface area contributed by atoms with Crippen LogP contribution < -0.4 is 0 Å². The Morgan fingerprint density at radius 3 is 2.50 bits per heavy atom. The summed E-state index contributed by atoms with van der Waals surface area (Å²) in [4.78, 5) is 6.67. The first-order valence-electron chi connectivity index (χ1n) is 6.91. The molecule has 102 valence electrons. The number of hydrogen-bond acceptors (Lipinski definition) is 3. The highest BCUT2D eigenvalue weighted by Crippen LogP contribution is 2.25. The van der Waals surface area contributed by atoms with Crippen LogP contribution in [0.4, 0.5) is 0 Å². The van der Waals surface area contributed by atoms with E-state index in [0.29, 0.717) is 6.42 Å². The van der Waals surface area contributed by atoms with E-state index >= 15 is 0 Å². The van der Waals surface area contributed by atoms with Gasteiger partial charge in [-0.05, 0) is 24.2 Å². The lowest BCUT2D eigenvalue weighted by Gasteiger charge is -2.29. The van der Waals surface area contributed by atoms with Gasteiger partial charge >= 0.3 is 0 Å². The Kier molecular flexibility index (Phi) is 5.28. The van der Waals surface area contributed by atoms with Crippen LogP contribution in [-0.4, -0.2) is 16.4 Å². The number of nitriles is 1. The van der Waals surface area contributed by atoms with Crippen molar-refractivity contribution in [2.75, 3.05) is 6.54 Å². The summed E-state index contributed by atoms with van der Waals surface area (Å²) in [6, 6.07) is 18.6. The van der Waals surface area contributed by atoms with E-state index in [4.69, 9.17) is 5.26 Å². The van der Waals surface area contributed by atoms with E-state index in [2.05, 4.69) is 35.0 Å². The molecule has 0 aliphatic carbocycles. The second-order valence-corrected chi connectivity index (χ2v) is 4.67. The van der Waals surface area contributed by atoms with Crippen molar-refractivity contribution in [3.63, 3.8) is 0 Å². The Morgan fingerprint density at radius 1 is 1.15 bits per heavy atom. The molecule has 0 aliphatic rings. The van der Waals surface area contributed by atoms with Gasteiger partial charge in [-0.3, -0.25) is 9.88 Å². The molecule has 0 radical (unpaired) electrons. The zero-order valence-corrected chi connectivity index (χ0v) is 11.7. The zero-order chi connectivity index (χ0) is 14.2. The maximum Gasteiger partial charge on any atom is 0.0641 e. The smallest absolute Gasteiger partial charge is 0.0641 e. The summed E-state index contributed by atoms with van der Waals surface area (Å²) >= 11 is 0. The molecule has 0 N–H and O–H groups in total. The molecule has 20 heavy (non-hydrogen) atoms. The minimum absolute atomic E-state index is 0.119. The molecule has 0 saturated carbocycles. The maximum atomic E-state index is 9.12. The molecule has 3 heteroatoms. The van der Waals surface area contributed by atoms with Crippen LogP contribution in [-0.2, 0) is 6.54 Å². The number of pyridine rings is 1. The molecule has 1 unspecified atom stereocenters. The van der Waals surface area contributed by atoms with Crippen molar-refractivity contribution in [2.45, 2.75) is 25.9 Å². The average molecular weight is 265 g/mol. The van der Waals surface area contributed by atoms with E-state index in [-0.39, 0.29) is 6.04 Å². The lowest BCUT2D eigenvalue weighted by molar-refractivity contribution is 0.198. The Morgan fingerprint density at radius 2 is 1.90 bits per heavy atom. The quantitative estimate of drug-likeness (QED) is 0.801. The molecule has 2 rings (SSSR count). The van der Waals surface area contributed by atoms with E-state index in [0.717, 1.165) is 18.8 Å². The largest absolute Gasteiger partial charge is 0.290 e. The topological polar surface area (TPSA) is 39.9 Å².